The summed E-state index contributed by atoms with van der Waals surface area (Å²) in [6.45, 7) is 4.94. The van der Waals surface area contributed by atoms with Crippen molar-refractivity contribution in [1.29, 1.82) is 0 Å². The Morgan fingerprint density at radius 3 is 2.38 bits per heavy atom. The van der Waals surface area contributed by atoms with Gasteiger partial charge in [-0.3, -0.25) is 4.79 Å². The van der Waals surface area contributed by atoms with Crippen molar-refractivity contribution < 1.29 is 19.0 Å². The van der Waals surface area contributed by atoms with Gasteiger partial charge in [0.15, 0.2) is 5.78 Å². The van der Waals surface area contributed by atoms with E-state index in [1.807, 2.05) is 43.3 Å². The molecule has 0 aromatic heterocycles. The second-order valence-electron chi connectivity index (χ2n) is 6.07. The van der Waals surface area contributed by atoms with E-state index < -0.39 is 0 Å². The molecule has 4 heteroatoms. The number of methoxy groups -OCH3 is 1. The van der Waals surface area contributed by atoms with Gasteiger partial charge in [-0.25, -0.2) is 0 Å². The van der Waals surface area contributed by atoms with Crippen LogP contribution in [0.5, 0.6) is 17.2 Å². The fourth-order valence-electron chi connectivity index (χ4n) is 3.21. The van der Waals surface area contributed by atoms with Crippen LogP contribution in [-0.4, -0.2) is 26.1 Å². The standard InChI is InChI=1S/C20H22O4/c1-13-4-9-18(20-17(21)12-14(2)19(13)20)24-11-10-23-16-7-5-15(22-3)6-8-16/h4-9,14H,10-12H2,1-3H3. The Kier molecular flexibility index (Phi) is 4.74. The van der Waals surface area contributed by atoms with Crippen molar-refractivity contribution in [2.24, 2.45) is 0 Å². The zero-order chi connectivity index (χ0) is 17.1. The average molecular weight is 326 g/mol. The summed E-state index contributed by atoms with van der Waals surface area (Å²) in [4.78, 5) is 12.2. The first kappa shape index (κ1) is 16.4. The van der Waals surface area contributed by atoms with Crippen molar-refractivity contribution in [2.75, 3.05) is 20.3 Å². The van der Waals surface area contributed by atoms with Crippen LogP contribution in [0.1, 0.15) is 40.7 Å². The topological polar surface area (TPSA) is 44.8 Å². The summed E-state index contributed by atoms with van der Waals surface area (Å²) in [6, 6.07) is 11.3. The number of fused-ring (bicyclic) bond motifs is 1. The molecule has 0 radical (unpaired) electrons. The number of Topliss-reactive ketones (excluding diaryl/α,β-unsaturated/α-hetero) is 1. The molecule has 1 unspecified atom stereocenters. The average Bonchev–Trinajstić information content (AvgIpc) is 2.89. The minimum atomic E-state index is 0.173. The van der Waals surface area contributed by atoms with Crippen LogP contribution in [0.15, 0.2) is 36.4 Å². The highest BCUT2D eigenvalue weighted by Gasteiger charge is 2.30. The molecule has 24 heavy (non-hydrogen) atoms. The molecule has 0 saturated heterocycles. The minimum Gasteiger partial charge on any atom is -0.497 e. The van der Waals surface area contributed by atoms with Crippen molar-refractivity contribution in [3.05, 3.63) is 53.1 Å². The lowest BCUT2D eigenvalue weighted by molar-refractivity contribution is 0.0985. The number of carbonyl (C=O) groups excluding carboxylic acids is 1. The van der Waals surface area contributed by atoms with Gasteiger partial charge in [-0.05, 0) is 54.3 Å². The lowest BCUT2D eigenvalue weighted by atomic mass is 9.97. The van der Waals surface area contributed by atoms with E-state index in [0.29, 0.717) is 25.4 Å². The Morgan fingerprint density at radius 2 is 1.67 bits per heavy atom. The molecular formula is C20H22O4. The largest absolute Gasteiger partial charge is 0.497 e. The normalized spacial score (nSPS) is 16.0. The third-order valence-electron chi connectivity index (χ3n) is 4.36. The number of hydrogen-bond donors (Lipinski definition) is 0. The molecule has 2 aromatic rings. The molecule has 0 heterocycles. The van der Waals surface area contributed by atoms with E-state index >= 15 is 0 Å². The maximum absolute atomic E-state index is 12.2. The van der Waals surface area contributed by atoms with E-state index in [9.17, 15) is 4.79 Å². The van der Waals surface area contributed by atoms with Crippen LogP contribution in [0.3, 0.4) is 0 Å². The number of rotatable bonds is 6. The lowest BCUT2D eigenvalue weighted by Crippen LogP contribution is -2.11. The molecule has 126 valence electrons. The van der Waals surface area contributed by atoms with Crippen molar-refractivity contribution >= 4 is 5.78 Å². The van der Waals surface area contributed by atoms with E-state index in [0.717, 1.165) is 28.2 Å². The van der Waals surface area contributed by atoms with Gasteiger partial charge in [0.05, 0.1) is 12.7 Å². The van der Waals surface area contributed by atoms with Gasteiger partial charge in [0.2, 0.25) is 0 Å². The zero-order valence-corrected chi connectivity index (χ0v) is 14.3. The predicted molar refractivity (Wildman–Crippen MR) is 92.5 cm³/mol. The minimum absolute atomic E-state index is 0.173. The highest BCUT2D eigenvalue weighted by Crippen LogP contribution is 2.40. The van der Waals surface area contributed by atoms with Crippen molar-refractivity contribution in [3.63, 3.8) is 0 Å². The Bertz CT molecular complexity index is 734. The highest BCUT2D eigenvalue weighted by atomic mass is 16.5. The summed E-state index contributed by atoms with van der Waals surface area (Å²) in [6.07, 6.45) is 0.568. The van der Waals surface area contributed by atoms with Gasteiger partial charge in [0.1, 0.15) is 30.5 Å². The molecule has 1 atom stereocenters. The van der Waals surface area contributed by atoms with Gasteiger partial charge in [0.25, 0.3) is 0 Å². The van der Waals surface area contributed by atoms with E-state index in [1.165, 1.54) is 0 Å². The summed E-state index contributed by atoms with van der Waals surface area (Å²) < 4.78 is 16.6. The molecule has 0 aliphatic heterocycles. The quantitative estimate of drug-likeness (QED) is 0.748. The summed E-state index contributed by atoms with van der Waals surface area (Å²) in [5.41, 5.74) is 3.05. The maximum Gasteiger partial charge on any atom is 0.167 e. The fraction of sp³-hybridized carbons (Fsp3) is 0.350. The summed E-state index contributed by atoms with van der Waals surface area (Å²) in [5, 5.41) is 0. The molecule has 1 aliphatic rings. The first-order valence-electron chi connectivity index (χ1n) is 8.16. The van der Waals surface area contributed by atoms with Crippen LogP contribution in [0, 0.1) is 6.92 Å². The SMILES string of the molecule is COc1ccc(OCCOc2ccc(C)c3c2C(=O)CC3C)cc1. The molecule has 0 N–H and O–H groups in total. The predicted octanol–water partition coefficient (Wildman–Crippen LogP) is 4.15. The van der Waals surface area contributed by atoms with Crippen LogP contribution < -0.4 is 14.2 Å². The Hall–Kier alpha value is -2.49. The zero-order valence-electron chi connectivity index (χ0n) is 14.3. The second kappa shape index (κ2) is 6.95. The van der Waals surface area contributed by atoms with Crippen LogP contribution >= 0.6 is 0 Å². The van der Waals surface area contributed by atoms with E-state index in [4.69, 9.17) is 14.2 Å². The van der Waals surface area contributed by atoms with Gasteiger partial charge in [-0.2, -0.15) is 0 Å². The number of ketones is 1. The van der Waals surface area contributed by atoms with Crippen molar-refractivity contribution in [3.8, 4) is 17.2 Å². The smallest absolute Gasteiger partial charge is 0.167 e. The van der Waals surface area contributed by atoms with Gasteiger partial charge < -0.3 is 14.2 Å². The first-order valence-corrected chi connectivity index (χ1v) is 8.16. The molecule has 1 aliphatic carbocycles. The molecule has 3 rings (SSSR count). The number of hydrogen-bond acceptors (Lipinski definition) is 4. The van der Waals surface area contributed by atoms with Gasteiger partial charge >= 0.3 is 0 Å². The highest BCUT2D eigenvalue weighted by molar-refractivity contribution is 6.04. The molecule has 0 saturated carbocycles. The van der Waals surface area contributed by atoms with Gasteiger partial charge in [-0.1, -0.05) is 13.0 Å². The number of benzene rings is 2. The Morgan fingerprint density at radius 1 is 1.00 bits per heavy atom. The van der Waals surface area contributed by atoms with Crippen LogP contribution in [0.25, 0.3) is 0 Å². The Balaban J connectivity index is 1.60. The third-order valence-corrected chi connectivity index (χ3v) is 4.36. The second-order valence-corrected chi connectivity index (χ2v) is 6.07. The summed E-state index contributed by atoms with van der Waals surface area (Å²) in [5.74, 6) is 2.67. The molecule has 4 nitrogen and oxygen atoms in total. The van der Waals surface area contributed by atoms with Crippen molar-refractivity contribution in [2.45, 2.75) is 26.2 Å². The summed E-state index contributed by atoms with van der Waals surface area (Å²) in [7, 11) is 1.63. The molecule has 2 aromatic carbocycles. The van der Waals surface area contributed by atoms with Gasteiger partial charge in [0, 0.05) is 6.42 Å². The Labute approximate surface area is 142 Å². The lowest BCUT2D eigenvalue weighted by Gasteiger charge is -2.14. The first-order chi connectivity index (χ1) is 11.6. The summed E-state index contributed by atoms with van der Waals surface area (Å²) >= 11 is 0. The van der Waals surface area contributed by atoms with Gasteiger partial charge in [-0.15, -0.1) is 0 Å². The molecule has 0 amide bonds. The van der Waals surface area contributed by atoms with E-state index in [2.05, 4.69) is 6.92 Å². The molecule has 0 fully saturated rings. The van der Waals surface area contributed by atoms with Crippen LogP contribution in [0.4, 0.5) is 0 Å². The molecular weight excluding hydrogens is 304 g/mol. The number of aryl methyl sites for hydroxylation is 1. The fourth-order valence-corrected chi connectivity index (χ4v) is 3.21. The van der Waals surface area contributed by atoms with Crippen molar-refractivity contribution in [1.82, 2.24) is 0 Å². The monoisotopic (exact) mass is 326 g/mol. The molecule has 0 spiro atoms. The van der Waals surface area contributed by atoms with E-state index in [1.54, 1.807) is 7.11 Å². The third kappa shape index (κ3) is 3.23. The maximum atomic E-state index is 12.2. The number of carbonyl (C=O) groups is 1. The number of ether oxygens (including phenoxy) is 3. The van der Waals surface area contributed by atoms with Crippen LogP contribution in [0.2, 0.25) is 0 Å². The van der Waals surface area contributed by atoms with E-state index in [-0.39, 0.29) is 11.7 Å². The molecule has 0 bridgehead atoms. The van der Waals surface area contributed by atoms with Crippen LogP contribution in [-0.2, 0) is 0 Å².